The van der Waals surface area contributed by atoms with Gasteiger partial charge in [0.2, 0.25) is 5.88 Å². The summed E-state index contributed by atoms with van der Waals surface area (Å²) in [5.74, 6) is 1.57. The largest absolute Gasteiger partial charge is 0.481 e. The Hall–Kier alpha value is -1.95. The van der Waals surface area contributed by atoms with Crippen molar-refractivity contribution in [3.8, 4) is 5.88 Å². The average molecular weight is 247 g/mol. The lowest BCUT2D eigenvalue weighted by molar-refractivity contribution is 0.397. The summed E-state index contributed by atoms with van der Waals surface area (Å²) in [6.45, 7) is 4.32. The van der Waals surface area contributed by atoms with Gasteiger partial charge in [0.15, 0.2) is 0 Å². The topological polar surface area (TPSA) is 64.9 Å². The van der Waals surface area contributed by atoms with Crippen LogP contribution in [0.25, 0.3) is 0 Å². The molecule has 0 saturated heterocycles. The van der Waals surface area contributed by atoms with Gasteiger partial charge in [0.1, 0.15) is 12.2 Å². The van der Waals surface area contributed by atoms with Crippen molar-refractivity contribution in [3.05, 3.63) is 36.0 Å². The van der Waals surface area contributed by atoms with Crippen LogP contribution in [0.15, 0.2) is 24.7 Å². The minimum Gasteiger partial charge on any atom is -0.481 e. The van der Waals surface area contributed by atoms with Gasteiger partial charge >= 0.3 is 0 Å². The molecule has 0 aliphatic carbocycles. The first kappa shape index (κ1) is 12.5. The summed E-state index contributed by atoms with van der Waals surface area (Å²) in [7, 11) is 1.61. The number of hydrogen-bond acceptors (Lipinski definition) is 5. The quantitative estimate of drug-likeness (QED) is 0.824. The molecule has 2 aromatic rings. The molecule has 1 N–H and O–H groups in total. The van der Waals surface area contributed by atoms with Crippen LogP contribution in [0, 0.1) is 0 Å². The number of methoxy groups -OCH3 is 1. The third kappa shape index (κ3) is 3.04. The standard InChI is InChI=1S/C12H17N5O/c1-3-17-11(15-9-16-17)8-13-6-10-4-5-12(18-2)14-7-10/h4-5,7,9,13H,3,6,8H2,1-2H3. The summed E-state index contributed by atoms with van der Waals surface area (Å²) in [4.78, 5) is 8.35. The summed E-state index contributed by atoms with van der Waals surface area (Å²) in [5.41, 5.74) is 1.11. The van der Waals surface area contributed by atoms with Crippen LogP contribution in [0.2, 0.25) is 0 Å². The predicted molar refractivity (Wildman–Crippen MR) is 67.0 cm³/mol. The Bertz CT molecular complexity index is 479. The fraction of sp³-hybridized carbons (Fsp3) is 0.417. The predicted octanol–water partition coefficient (Wildman–Crippen LogP) is 0.991. The van der Waals surface area contributed by atoms with Gasteiger partial charge in [-0.25, -0.2) is 14.6 Å². The van der Waals surface area contributed by atoms with Gasteiger partial charge in [0.05, 0.1) is 13.7 Å². The van der Waals surface area contributed by atoms with Crippen molar-refractivity contribution < 1.29 is 4.74 Å². The Labute approximate surface area is 106 Å². The van der Waals surface area contributed by atoms with E-state index in [1.54, 1.807) is 19.6 Å². The van der Waals surface area contributed by atoms with Crippen LogP contribution in [0.1, 0.15) is 18.3 Å². The molecular weight excluding hydrogens is 230 g/mol. The lowest BCUT2D eigenvalue weighted by Crippen LogP contribution is -2.17. The molecule has 0 aliphatic rings. The van der Waals surface area contributed by atoms with E-state index in [9.17, 15) is 0 Å². The average Bonchev–Trinajstić information content (AvgIpc) is 2.87. The Morgan fingerprint density at radius 2 is 2.17 bits per heavy atom. The Morgan fingerprint density at radius 3 is 2.83 bits per heavy atom. The van der Waals surface area contributed by atoms with Gasteiger partial charge in [-0.2, -0.15) is 5.10 Å². The Morgan fingerprint density at radius 1 is 1.28 bits per heavy atom. The monoisotopic (exact) mass is 247 g/mol. The maximum absolute atomic E-state index is 5.01. The van der Waals surface area contributed by atoms with Crippen molar-refractivity contribution in [3.63, 3.8) is 0 Å². The van der Waals surface area contributed by atoms with E-state index in [2.05, 4.69) is 20.4 Å². The molecule has 0 saturated carbocycles. The Kier molecular flexibility index (Phi) is 4.25. The third-order valence-corrected chi connectivity index (χ3v) is 2.61. The number of rotatable bonds is 6. The van der Waals surface area contributed by atoms with Crippen LogP contribution in [-0.4, -0.2) is 26.9 Å². The maximum atomic E-state index is 5.01. The van der Waals surface area contributed by atoms with Crippen LogP contribution in [-0.2, 0) is 19.6 Å². The zero-order valence-corrected chi connectivity index (χ0v) is 10.6. The number of hydrogen-bond donors (Lipinski definition) is 1. The molecule has 0 atom stereocenters. The minimum atomic E-state index is 0.629. The van der Waals surface area contributed by atoms with E-state index in [0.29, 0.717) is 12.4 Å². The molecule has 0 unspecified atom stereocenters. The number of aromatic nitrogens is 4. The number of aryl methyl sites for hydroxylation is 1. The van der Waals surface area contributed by atoms with Gasteiger partial charge in [-0.3, -0.25) is 0 Å². The molecule has 0 bridgehead atoms. The van der Waals surface area contributed by atoms with Gasteiger partial charge in [0, 0.05) is 25.4 Å². The van der Waals surface area contributed by atoms with Gasteiger partial charge in [-0.05, 0) is 12.5 Å². The number of nitrogens with one attached hydrogen (secondary N) is 1. The summed E-state index contributed by atoms with van der Waals surface area (Å²) in [6.07, 6.45) is 3.38. The molecule has 0 radical (unpaired) electrons. The molecular formula is C12H17N5O. The molecule has 18 heavy (non-hydrogen) atoms. The van der Waals surface area contributed by atoms with E-state index in [1.807, 2.05) is 23.7 Å². The molecule has 96 valence electrons. The fourth-order valence-electron chi connectivity index (χ4n) is 1.64. The lowest BCUT2D eigenvalue weighted by Gasteiger charge is -2.06. The molecule has 0 aromatic carbocycles. The van der Waals surface area contributed by atoms with Crippen molar-refractivity contribution in [2.24, 2.45) is 0 Å². The number of ether oxygens (including phenoxy) is 1. The normalized spacial score (nSPS) is 10.6. The second kappa shape index (κ2) is 6.11. The van der Waals surface area contributed by atoms with E-state index in [4.69, 9.17) is 4.74 Å². The van der Waals surface area contributed by atoms with Crippen molar-refractivity contribution in [2.45, 2.75) is 26.6 Å². The lowest BCUT2D eigenvalue weighted by atomic mass is 10.3. The van der Waals surface area contributed by atoms with Crippen LogP contribution < -0.4 is 10.1 Å². The molecule has 2 rings (SSSR count). The third-order valence-electron chi connectivity index (χ3n) is 2.61. The van der Waals surface area contributed by atoms with E-state index in [1.165, 1.54) is 0 Å². The molecule has 0 aliphatic heterocycles. The maximum Gasteiger partial charge on any atom is 0.212 e. The van der Waals surface area contributed by atoms with Crippen LogP contribution in [0.4, 0.5) is 0 Å². The highest BCUT2D eigenvalue weighted by Gasteiger charge is 2.02. The first-order valence-electron chi connectivity index (χ1n) is 5.89. The first-order valence-corrected chi connectivity index (χ1v) is 5.89. The summed E-state index contributed by atoms with van der Waals surface area (Å²) >= 11 is 0. The van der Waals surface area contributed by atoms with Crippen LogP contribution >= 0.6 is 0 Å². The number of pyridine rings is 1. The van der Waals surface area contributed by atoms with Gasteiger partial charge in [-0.1, -0.05) is 6.07 Å². The van der Waals surface area contributed by atoms with E-state index in [0.717, 1.165) is 24.5 Å². The summed E-state index contributed by atoms with van der Waals surface area (Å²) in [6, 6.07) is 3.84. The van der Waals surface area contributed by atoms with Gasteiger partial charge in [-0.15, -0.1) is 0 Å². The van der Waals surface area contributed by atoms with Gasteiger partial charge < -0.3 is 10.1 Å². The highest BCUT2D eigenvalue weighted by molar-refractivity contribution is 5.17. The Balaban J connectivity index is 1.84. The second-order valence-electron chi connectivity index (χ2n) is 3.80. The highest BCUT2D eigenvalue weighted by atomic mass is 16.5. The van der Waals surface area contributed by atoms with E-state index in [-0.39, 0.29) is 0 Å². The molecule has 2 aromatic heterocycles. The minimum absolute atomic E-state index is 0.629. The number of nitrogens with zero attached hydrogens (tertiary/aromatic N) is 4. The molecule has 0 fully saturated rings. The molecule has 2 heterocycles. The van der Waals surface area contributed by atoms with E-state index >= 15 is 0 Å². The molecule has 0 spiro atoms. The smallest absolute Gasteiger partial charge is 0.212 e. The van der Waals surface area contributed by atoms with Crippen LogP contribution in [0.3, 0.4) is 0 Å². The molecule has 6 heteroatoms. The van der Waals surface area contributed by atoms with Crippen molar-refractivity contribution >= 4 is 0 Å². The highest BCUT2D eigenvalue weighted by Crippen LogP contribution is 2.06. The van der Waals surface area contributed by atoms with Gasteiger partial charge in [0.25, 0.3) is 0 Å². The zero-order chi connectivity index (χ0) is 12.8. The van der Waals surface area contributed by atoms with Crippen molar-refractivity contribution in [1.82, 2.24) is 25.1 Å². The van der Waals surface area contributed by atoms with Crippen LogP contribution in [0.5, 0.6) is 5.88 Å². The summed E-state index contributed by atoms with van der Waals surface area (Å²) < 4.78 is 6.88. The molecule has 0 amide bonds. The van der Waals surface area contributed by atoms with E-state index < -0.39 is 0 Å². The summed E-state index contributed by atoms with van der Waals surface area (Å²) in [5, 5.41) is 7.43. The fourth-order valence-corrected chi connectivity index (χ4v) is 1.64. The first-order chi connectivity index (χ1) is 8.83. The van der Waals surface area contributed by atoms with Crippen molar-refractivity contribution in [1.29, 1.82) is 0 Å². The SMILES string of the molecule is CCn1ncnc1CNCc1ccc(OC)nc1. The molecule has 6 nitrogen and oxygen atoms in total. The zero-order valence-electron chi connectivity index (χ0n) is 10.6. The second-order valence-corrected chi connectivity index (χ2v) is 3.80. The van der Waals surface area contributed by atoms with Crippen molar-refractivity contribution in [2.75, 3.05) is 7.11 Å².